The Morgan fingerprint density at radius 3 is 2.24 bits per heavy atom. The van der Waals surface area contributed by atoms with Crippen LogP contribution in [-0.4, -0.2) is 48.4 Å². The van der Waals surface area contributed by atoms with Gasteiger partial charge >= 0.3 is 20.3 Å². The average Bonchev–Trinajstić information content (AvgIpc) is 3.16. The van der Waals surface area contributed by atoms with E-state index in [1.54, 1.807) is 6.07 Å². The fraction of sp³-hybridized carbons (Fsp3) is 0.390. The second kappa shape index (κ2) is 25.5. The molecule has 3 rings (SSSR count). The highest BCUT2D eigenvalue weighted by Gasteiger charge is 2.37. The van der Waals surface area contributed by atoms with Crippen LogP contribution in [0.3, 0.4) is 0 Å². The zero-order valence-electron chi connectivity index (χ0n) is 31.2. The van der Waals surface area contributed by atoms with Crippen LogP contribution in [0.5, 0.6) is 5.75 Å². The van der Waals surface area contributed by atoms with Gasteiger partial charge in [-0.2, -0.15) is 13.8 Å². The molecule has 0 bridgehead atoms. The zero-order valence-corrected chi connectivity index (χ0v) is 32.1. The molecular formula is C41H54F2N5O5P. The van der Waals surface area contributed by atoms with Crippen molar-refractivity contribution in [2.24, 2.45) is 0 Å². The fourth-order valence-electron chi connectivity index (χ4n) is 5.05. The summed E-state index contributed by atoms with van der Waals surface area (Å²) in [5.41, 5.74) is 4.28. The number of ether oxygens (including phenoxy) is 1. The lowest BCUT2D eigenvalue weighted by Crippen LogP contribution is -2.39. The number of rotatable bonds is 26. The van der Waals surface area contributed by atoms with Gasteiger partial charge in [0.2, 0.25) is 5.91 Å². The number of unbranched alkanes of at least 4 members (excludes halogenated alkanes) is 1. The van der Waals surface area contributed by atoms with Crippen molar-refractivity contribution in [2.75, 3.05) is 32.5 Å². The molecule has 2 aromatic carbocycles. The van der Waals surface area contributed by atoms with Gasteiger partial charge in [0.05, 0.1) is 19.1 Å². The number of hydrogen-bond donors (Lipinski definition) is 3. The van der Waals surface area contributed by atoms with Gasteiger partial charge in [-0.3, -0.25) is 4.79 Å². The average molecular weight is 766 g/mol. The third-order valence-electron chi connectivity index (χ3n) is 7.91. The molecule has 54 heavy (non-hydrogen) atoms. The quantitative estimate of drug-likeness (QED) is 0.0420. The molecule has 10 nitrogen and oxygen atoms in total. The second-order valence-electron chi connectivity index (χ2n) is 12.2. The molecule has 1 aromatic heterocycles. The van der Waals surface area contributed by atoms with Gasteiger partial charge in [0.1, 0.15) is 11.6 Å². The monoisotopic (exact) mass is 765 g/mol. The molecule has 0 spiro atoms. The summed E-state index contributed by atoms with van der Waals surface area (Å²) in [5, 5.41) is 7.87. The van der Waals surface area contributed by atoms with Gasteiger partial charge in [-0.25, -0.2) is 14.4 Å². The Bertz CT molecular complexity index is 1760. The molecule has 0 fully saturated rings. The van der Waals surface area contributed by atoms with Crippen LogP contribution >= 0.6 is 8.53 Å². The number of alkyl halides is 2. The molecule has 0 aliphatic rings. The minimum atomic E-state index is -3.62. The highest BCUT2D eigenvalue weighted by Crippen LogP contribution is 2.39. The van der Waals surface area contributed by atoms with E-state index in [0.717, 1.165) is 68.0 Å². The van der Waals surface area contributed by atoms with E-state index in [1.807, 2.05) is 36.4 Å². The Balaban J connectivity index is 1.41. The number of fused-ring (bicyclic) bond motifs is 1. The maximum Gasteiger partial charge on any atom is 0.354 e. The van der Waals surface area contributed by atoms with Gasteiger partial charge in [-0.05, 0) is 62.5 Å². The number of aromatic nitrogens is 2. The fourth-order valence-corrected chi connectivity index (χ4v) is 6.20. The molecule has 2 unspecified atom stereocenters. The number of nitrogens with one attached hydrogen (secondary N) is 2. The minimum Gasteiger partial charge on any atom is -0.435 e. The lowest BCUT2D eigenvalue weighted by Gasteiger charge is -2.25. The number of hydrogen-bond acceptors (Lipinski definition) is 8. The molecule has 1 amide bonds. The first-order valence-electron chi connectivity index (χ1n) is 18.3. The largest absolute Gasteiger partial charge is 0.435 e. The molecule has 0 aliphatic carbocycles. The molecule has 0 saturated carbocycles. The number of allylic oxidation sites excluding steroid dienone is 10. The number of anilines is 1. The highest BCUT2D eigenvalue weighted by atomic mass is 31.2. The highest BCUT2D eigenvalue weighted by molar-refractivity contribution is 7.45. The third-order valence-corrected chi connectivity index (χ3v) is 9.14. The van der Waals surface area contributed by atoms with E-state index in [-0.39, 0.29) is 22.9 Å². The van der Waals surface area contributed by atoms with E-state index >= 15 is 8.78 Å². The van der Waals surface area contributed by atoms with Crippen LogP contribution in [0.4, 0.5) is 14.6 Å². The lowest BCUT2D eigenvalue weighted by atomic mass is 10.1. The van der Waals surface area contributed by atoms with Crippen molar-refractivity contribution >= 4 is 31.0 Å². The number of halogens is 2. The molecule has 1 heterocycles. The van der Waals surface area contributed by atoms with Gasteiger partial charge in [-0.1, -0.05) is 104 Å². The van der Waals surface area contributed by atoms with E-state index in [0.29, 0.717) is 25.3 Å². The molecule has 13 heteroatoms. The Kier molecular flexibility index (Phi) is 20.8. The Hall–Kier alpha value is -4.48. The van der Waals surface area contributed by atoms with Crippen LogP contribution in [0.2, 0.25) is 0 Å². The maximum atomic E-state index is 15.1. The molecule has 292 valence electrons. The molecule has 4 N–H and O–H groups in total. The van der Waals surface area contributed by atoms with Crippen molar-refractivity contribution in [3.8, 4) is 5.75 Å². The Labute approximate surface area is 318 Å². The number of amides is 1. The predicted molar refractivity (Wildman–Crippen MR) is 215 cm³/mol. The normalized spacial score (nSPS) is 13.6. The second-order valence-corrected chi connectivity index (χ2v) is 13.5. The van der Waals surface area contributed by atoms with E-state index < -0.39 is 32.8 Å². The minimum absolute atomic E-state index is 0.0709. The number of carbonyl (C=O) groups is 1. The zero-order chi connectivity index (χ0) is 38.9. The molecule has 0 radical (unpaired) electrons. The summed E-state index contributed by atoms with van der Waals surface area (Å²) >= 11 is 0. The van der Waals surface area contributed by atoms with Crippen molar-refractivity contribution in [3.63, 3.8) is 0 Å². The van der Waals surface area contributed by atoms with Crippen molar-refractivity contribution in [1.29, 1.82) is 0 Å². The molecule has 2 atom stereocenters. The van der Waals surface area contributed by atoms with Crippen LogP contribution in [0.25, 0.3) is 10.8 Å². The summed E-state index contributed by atoms with van der Waals surface area (Å²) in [6, 6.07) is 10.8. The molecule has 0 aliphatic heterocycles. The van der Waals surface area contributed by atoms with Crippen LogP contribution < -0.4 is 26.4 Å². The van der Waals surface area contributed by atoms with Crippen molar-refractivity contribution in [2.45, 2.75) is 76.9 Å². The van der Waals surface area contributed by atoms with E-state index in [4.69, 9.17) is 19.5 Å². The van der Waals surface area contributed by atoms with E-state index in [9.17, 15) is 9.59 Å². The van der Waals surface area contributed by atoms with Crippen LogP contribution in [0.15, 0.2) is 120 Å². The summed E-state index contributed by atoms with van der Waals surface area (Å²) in [7, 11) is -0.579. The molecule has 3 aromatic rings. The first kappa shape index (κ1) is 43.9. The number of nitrogens with two attached hydrogens (primary N) is 1. The topological polar surface area (TPSA) is 130 Å². The first-order chi connectivity index (χ1) is 26.2. The van der Waals surface area contributed by atoms with Gasteiger partial charge in [0.15, 0.2) is 0 Å². The van der Waals surface area contributed by atoms with Crippen LogP contribution in [0.1, 0.15) is 64.7 Å². The summed E-state index contributed by atoms with van der Waals surface area (Å²) in [5.74, 6) is 0.321. The summed E-state index contributed by atoms with van der Waals surface area (Å²) in [6.07, 6.45) is 27.2. The van der Waals surface area contributed by atoms with Crippen molar-refractivity contribution in [1.82, 2.24) is 20.0 Å². The van der Waals surface area contributed by atoms with Gasteiger partial charge < -0.3 is 24.8 Å². The number of nitrogen functional groups attached to an aromatic ring is 1. The van der Waals surface area contributed by atoms with E-state index in [1.165, 1.54) is 7.11 Å². The van der Waals surface area contributed by atoms with Crippen molar-refractivity contribution in [3.05, 3.63) is 126 Å². The number of carbonyl (C=O) groups excluding carboxylic acids is 1. The molecular weight excluding hydrogens is 711 g/mol. The molecule has 0 saturated heterocycles. The smallest absolute Gasteiger partial charge is 0.354 e. The van der Waals surface area contributed by atoms with Gasteiger partial charge in [-0.15, -0.1) is 0 Å². The van der Waals surface area contributed by atoms with Crippen LogP contribution in [0, 0.1) is 0 Å². The summed E-state index contributed by atoms with van der Waals surface area (Å²) < 4.78 is 47.9. The van der Waals surface area contributed by atoms with Crippen LogP contribution in [-0.2, 0) is 20.1 Å². The Morgan fingerprint density at radius 2 is 1.57 bits per heavy atom. The SMILES string of the molecule is CC/C=C\C/C=C\C/C=C\C/C=C\C/C=C\CCCC(=O)NCCNP(OCC(CC(F)(F)n1ccc(N)nc1=O)OC)Oc1cccc2ccccc12. The van der Waals surface area contributed by atoms with Gasteiger partial charge in [0, 0.05) is 38.2 Å². The maximum absolute atomic E-state index is 15.1. The van der Waals surface area contributed by atoms with Gasteiger partial charge in [0.25, 0.3) is 0 Å². The first-order valence-corrected chi connectivity index (χ1v) is 19.5. The third kappa shape index (κ3) is 17.1. The predicted octanol–water partition coefficient (Wildman–Crippen LogP) is 8.88. The number of nitrogens with zero attached hydrogens (tertiary/aromatic N) is 2. The van der Waals surface area contributed by atoms with Crippen molar-refractivity contribution < 1.29 is 27.4 Å². The van der Waals surface area contributed by atoms with E-state index in [2.05, 4.69) is 83.1 Å². The summed E-state index contributed by atoms with van der Waals surface area (Å²) in [6.45, 7) is 2.47. The standard InChI is InChI=1S/C41H54F2N5O5P/c1-3-4-5-6-7-8-9-10-11-12-13-14-15-16-17-18-19-27-39(49)45-29-30-46-54(53-37-26-22-24-34-23-20-21-25-36(34)37)52-33-35(51-2)32-41(42,43)48-31-28-38(44)47-40(48)50/h4-5,7-8,10-11,13-14,16-17,20-26,28,31,35,46H,3,6,9,12,15,18-19,27,29-30,32-33H2,1-2H3,(H,45,49)(H2,44,47,50)/b5-4-,8-7-,11-10-,14-13-,17-16-. The lowest BCUT2D eigenvalue weighted by molar-refractivity contribution is -0.128. The summed E-state index contributed by atoms with van der Waals surface area (Å²) in [4.78, 5) is 27.9. The Morgan fingerprint density at radius 1 is 0.926 bits per heavy atom. The number of benzene rings is 2. The number of methoxy groups -OCH3 is 1.